The zero-order valence-electron chi connectivity index (χ0n) is 10.4. The lowest BCUT2D eigenvalue weighted by molar-refractivity contribution is -0.0337. The normalized spacial score (nSPS) is 11.4. The highest BCUT2D eigenvalue weighted by atomic mass is 16.5. The van der Waals surface area contributed by atoms with E-state index in [4.69, 9.17) is 4.74 Å². The van der Waals surface area contributed by atoms with Crippen molar-refractivity contribution in [2.24, 2.45) is 0 Å². The summed E-state index contributed by atoms with van der Waals surface area (Å²) in [6.45, 7) is 4.85. The molecule has 0 amide bonds. The van der Waals surface area contributed by atoms with Crippen molar-refractivity contribution in [2.45, 2.75) is 26.1 Å². The summed E-state index contributed by atoms with van der Waals surface area (Å²) < 4.78 is 6.00. The molecule has 2 aromatic carbocycles. The summed E-state index contributed by atoms with van der Waals surface area (Å²) in [7, 11) is 0. The van der Waals surface area contributed by atoms with Gasteiger partial charge in [0.1, 0.15) is 0 Å². The van der Waals surface area contributed by atoms with Crippen LogP contribution in [0, 0.1) is 0 Å². The fourth-order valence-electron chi connectivity index (χ4n) is 1.76. The average Bonchev–Trinajstić information content (AvgIpc) is 2.39. The maximum absolute atomic E-state index is 6.00. The van der Waals surface area contributed by atoms with Gasteiger partial charge in [0, 0.05) is 0 Å². The number of rotatable bonds is 4. The number of benzene rings is 2. The Morgan fingerprint density at radius 1 is 0.824 bits per heavy atom. The third kappa shape index (κ3) is 3.18. The van der Waals surface area contributed by atoms with Gasteiger partial charge in [0.15, 0.2) is 0 Å². The second kappa shape index (κ2) is 5.15. The van der Waals surface area contributed by atoms with E-state index in [2.05, 4.69) is 38.1 Å². The van der Waals surface area contributed by atoms with Gasteiger partial charge in [0.05, 0.1) is 12.2 Å². The highest BCUT2D eigenvalue weighted by molar-refractivity contribution is 5.21. The molecule has 0 atom stereocenters. The fourth-order valence-corrected chi connectivity index (χ4v) is 1.76. The average molecular weight is 226 g/mol. The molecular weight excluding hydrogens is 208 g/mol. The first-order chi connectivity index (χ1) is 8.18. The van der Waals surface area contributed by atoms with Crippen LogP contribution in [0.25, 0.3) is 0 Å². The minimum Gasteiger partial charge on any atom is -0.366 e. The molecule has 0 heterocycles. The molecule has 0 fully saturated rings. The molecule has 0 spiro atoms. The molecular formula is C16H18O. The Kier molecular flexibility index (Phi) is 3.60. The maximum atomic E-state index is 6.00. The Morgan fingerprint density at radius 3 is 1.94 bits per heavy atom. The number of hydrogen-bond acceptors (Lipinski definition) is 1. The van der Waals surface area contributed by atoms with Crippen molar-refractivity contribution in [2.75, 3.05) is 0 Å². The molecule has 0 aliphatic rings. The first kappa shape index (κ1) is 11.9. The summed E-state index contributed by atoms with van der Waals surface area (Å²) in [5, 5.41) is 0. The van der Waals surface area contributed by atoms with Crippen LogP contribution in [0.4, 0.5) is 0 Å². The maximum Gasteiger partial charge on any atom is 0.0879 e. The Hall–Kier alpha value is -1.60. The summed E-state index contributed by atoms with van der Waals surface area (Å²) in [5.74, 6) is 0. The highest BCUT2D eigenvalue weighted by Crippen LogP contribution is 2.25. The largest absolute Gasteiger partial charge is 0.366 e. The van der Waals surface area contributed by atoms with Gasteiger partial charge in [-0.15, -0.1) is 0 Å². The molecule has 0 radical (unpaired) electrons. The van der Waals surface area contributed by atoms with Gasteiger partial charge in [-0.3, -0.25) is 0 Å². The smallest absolute Gasteiger partial charge is 0.0879 e. The number of ether oxygens (including phenoxy) is 1. The van der Waals surface area contributed by atoms with Gasteiger partial charge in [0.2, 0.25) is 0 Å². The van der Waals surface area contributed by atoms with Gasteiger partial charge in [0.25, 0.3) is 0 Å². The van der Waals surface area contributed by atoms with Crippen LogP contribution in [0.3, 0.4) is 0 Å². The summed E-state index contributed by atoms with van der Waals surface area (Å²) in [6, 6.07) is 20.6. The van der Waals surface area contributed by atoms with Crippen molar-refractivity contribution in [3.05, 3.63) is 71.8 Å². The molecule has 0 bridgehead atoms. The van der Waals surface area contributed by atoms with E-state index < -0.39 is 0 Å². The molecule has 0 saturated heterocycles. The zero-order valence-corrected chi connectivity index (χ0v) is 10.4. The lowest BCUT2D eigenvalue weighted by atomic mass is 9.98. The quantitative estimate of drug-likeness (QED) is 0.761. The zero-order chi connectivity index (χ0) is 12.1. The molecule has 88 valence electrons. The molecule has 0 aliphatic carbocycles. The van der Waals surface area contributed by atoms with Crippen LogP contribution < -0.4 is 0 Å². The molecule has 0 N–H and O–H groups in total. The van der Waals surface area contributed by atoms with Gasteiger partial charge in [-0.05, 0) is 25.0 Å². The second-order valence-corrected chi connectivity index (χ2v) is 4.65. The van der Waals surface area contributed by atoms with Gasteiger partial charge >= 0.3 is 0 Å². The van der Waals surface area contributed by atoms with Crippen LogP contribution in [0.15, 0.2) is 60.7 Å². The number of hydrogen-bond donors (Lipinski definition) is 0. The fraction of sp³-hybridized carbons (Fsp3) is 0.250. The first-order valence-corrected chi connectivity index (χ1v) is 5.92. The van der Waals surface area contributed by atoms with Crippen molar-refractivity contribution < 1.29 is 4.74 Å². The van der Waals surface area contributed by atoms with E-state index in [0.29, 0.717) is 6.61 Å². The van der Waals surface area contributed by atoms with Crippen molar-refractivity contribution >= 4 is 0 Å². The molecule has 1 heteroatoms. The molecule has 1 nitrogen and oxygen atoms in total. The topological polar surface area (TPSA) is 9.23 Å². The van der Waals surface area contributed by atoms with Crippen molar-refractivity contribution in [3.8, 4) is 0 Å². The third-order valence-electron chi connectivity index (χ3n) is 2.91. The van der Waals surface area contributed by atoms with E-state index in [1.807, 2.05) is 36.4 Å². The molecule has 0 aliphatic heterocycles. The van der Waals surface area contributed by atoms with Crippen molar-refractivity contribution in [1.82, 2.24) is 0 Å². The monoisotopic (exact) mass is 226 g/mol. The molecule has 2 rings (SSSR count). The minimum absolute atomic E-state index is 0.253. The van der Waals surface area contributed by atoms with E-state index in [9.17, 15) is 0 Å². The van der Waals surface area contributed by atoms with Crippen LogP contribution in [0.1, 0.15) is 25.0 Å². The van der Waals surface area contributed by atoms with Gasteiger partial charge in [-0.2, -0.15) is 0 Å². The van der Waals surface area contributed by atoms with E-state index in [1.54, 1.807) is 0 Å². The predicted octanol–water partition coefficient (Wildman–Crippen LogP) is 4.14. The summed E-state index contributed by atoms with van der Waals surface area (Å²) in [4.78, 5) is 0. The van der Waals surface area contributed by atoms with Crippen LogP contribution in [-0.4, -0.2) is 0 Å². The Labute approximate surface area is 103 Å². The summed E-state index contributed by atoms with van der Waals surface area (Å²) >= 11 is 0. The van der Waals surface area contributed by atoms with Gasteiger partial charge in [-0.25, -0.2) is 0 Å². The Balaban J connectivity index is 2.03. The van der Waals surface area contributed by atoms with Gasteiger partial charge in [-0.1, -0.05) is 60.7 Å². The molecule has 0 unspecified atom stereocenters. The van der Waals surface area contributed by atoms with Crippen LogP contribution in [0.2, 0.25) is 0 Å². The summed E-state index contributed by atoms with van der Waals surface area (Å²) in [5.41, 5.74) is 2.16. The molecule has 0 aromatic heterocycles. The van der Waals surface area contributed by atoms with E-state index >= 15 is 0 Å². The lowest BCUT2D eigenvalue weighted by Crippen LogP contribution is -2.21. The third-order valence-corrected chi connectivity index (χ3v) is 2.91. The van der Waals surface area contributed by atoms with E-state index in [-0.39, 0.29) is 5.60 Å². The lowest BCUT2D eigenvalue weighted by Gasteiger charge is -2.26. The second-order valence-electron chi connectivity index (χ2n) is 4.65. The van der Waals surface area contributed by atoms with E-state index in [0.717, 1.165) is 0 Å². The SMILES string of the molecule is CC(C)(OCc1ccccc1)c1ccccc1. The highest BCUT2D eigenvalue weighted by Gasteiger charge is 2.20. The van der Waals surface area contributed by atoms with Crippen molar-refractivity contribution in [1.29, 1.82) is 0 Å². The first-order valence-electron chi connectivity index (χ1n) is 5.92. The molecule has 2 aromatic rings. The Morgan fingerprint density at radius 2 is 1.35 bits per heavy atom. The molecule has 0 saturated carbocycles. The minimum atomic E-state index is -0.253. The standard InChI is InChI=1S/C16H18O/c1-16(2,15-11-7-4-8-12-15)17-13-14-9-5-3-6-10-14/h3-12H,13H2,1-2H3. The van der Waals surface area contributed by atoms with Crippen molar-refractivity contribution in [3.63, 3.8) is 0 Å². The van der Waals surface area contributed by atoms with Crippen LogP contribution in [0.5, 0.6) is 0 Å². The van der Waals surface area contributed by atoms with Gasteiger partial charge < -0.3 is 4.74 Å². The van der Waals surface area contributed by atoms with E-state index in [1.165, 1.54) is 11.1 Å². The summed E-state index contributed by atoms with van der Waals surface area (Å²) in [6.07, 6.45) is 0. The Bertz CT molecular complexity index is 445. The van der Waals surface area contributed by atoms with Crippen LogP contribution in [-0.2, 0) is 16.9 Å². The molecule has 17 heavy (non-hydrogen) atoms. The predicted molar refractivity (Wildman–Crippen MR) is 70.7 cm³/mol. The van der Waals surface area contributed by atoms with Crippen LogP contribution >= 0.6 is 0 Å².